The third-order valence-electron chi connectivity index (χ3n) is 1.83. The van der Waals surface area contributed by atoms with E-state index >= 15 is 0 Å². The van der Waals surface area contributed by atoms with Crippen molar-refractivity contribution in [2.45, 2.75) is 26.7 Å². The molecule has 78 valence electrons. The van der Waals surface area contributed by atoms with Gasteiger partial charge in [0.05, 0.1) is 0 Å². The molecule has 1 rings (SSSR count). The number of benzene rings is 1. The Balaban J connectivity index is -0.000000403. The summed E-state index contributed by atoms with van der Waals surface area (Å²) in [4.78, 5) is 0. The van der Waals surface area contributed by atoms with Crippen molar-refractivity contribution in [2.75, 3.05) is 0 Å². The zero-order valence-corrected chi connectivity index (χ0v) is 17.4. The van der Waals surface area contributed by atoms with E-state index < -0.39 is 0 Å². The molecule has 1 aromatic carbocycles. The quantitative estimate of drug-likeness (QED) is 0.417. The van der Waals surface area contributed by atoms with E-state index in [0.717, 1.165) is 0 Å². The summed E-state index contributed by atoms with van der Waals surface area (Å²) in [5.74, 6) is 0.614. The standard InChI is InChI=1S/C11H14.3W/c1-4-10-6-5-7-11(8-10)9(2)3;;;/h4-5,7-9H,1-3H3;;;/q-2;;;. The van der Waals surface area contributed by atoms with Gasteiger partial charge in [-0.2, -0.15) is 11.6 Å². The Morgan fingerprint density at radius 2 is 1.79 bits per heavy atom. The molecule has 0 aromatic heterocycles. The molecule has 0 unspecified atom stereocenters. The molecular weight excluding hydrogens is 684 g/mol. The number of rotatable bonds is 2. The molecule has 0 fully saturated rings. The van der Waals surface area contributed by atoms with E-state index in [2.05, 4.69) is 38.5 Å². The van der Waals surface area contributed by atoms with Gasteiger partial charge in [0.15, 0.2) is 0 Å². The maximum absolute atomic E-state index is 3.16. The molecule has 0 aliphatic carbocycles. The van der Waals surface area contributed by atoms with Gasteiger partial charge in [-0.3, -0.25) is 6.07 Å². The zero-order chi connectivity index (χ0) is 8.27. The third kappa shape index (κ3) is 6.60. The van der Waals surface area contributed by atoms with Crippen LogP contribution in [0.25, 0.3) is 0 Å². The maximum Gasteiger partial charge on any atom is 0 e. The van der Waals surface area contributed by atoms with Gasteiger partial charge in [0.1, 0.15) is 0 Å². The molecule has 0 aliphatic rings. The average Bonchev–Trinajstić information content (AvgIpc) is 2.05. The Labute approximate surface area is 130 Å². The topological polar surface area (TPSA) is 0 Å². The molecule has 0 bridgehead atoms. The smallest absolute Gasteiger partial charge is 0 e. The van der Waals surface area contributed by atoms with Crippen LogP contribution in [0.1, 0.15) is 37.8 Å². The zero-order valence-electron chi connectivity index (χ0n) is 8.61. The largest absolute Gasteiger partial charge is 0.371 e. The summed E-state index contributed by atoms with van der Waals surface area (Å²) < 4.78 is 0. The fourth-order valence-electron chi connectivity index (χ4n) is 1.03. The van der Waals surface area contributed by atoms with Crippen LogP contribution in [0, 0.1) is 12.5 Å². The van der Waals surface area contributed by atoms with Gasteiger partial charge >= 0.3 is 0 Å². The van der Waals surface area contributed by atoms with E-state index in [1.165, 1.54) is 11.1 Å². The van der Waals surface area contributed by atoms with Gasteiger partial charge in [-0.25, -0.2) is 0 Å². The van der Waals surface area contributed by atoms with Gasteiger partial charge in [0.2, 0.25) is 0 Å². The predicted molar refractivity (Wildman–Crippen MR) is 48.4 cm³/mol. The minimum absolute atomic E-state index is 0. The summed E-state index contributed by atoms with van der Waals surface area (Å²) in [5, 5.41) is 0. The van der Waals surface area contributed by atoms with Crippen LogP contribution in [0.3, 0.4) is 0 Å². The molecule has 1 aromatic rings. The van der Waals surface area contributed by atoms with E-state index in [4.69, 9.17) is 0 Å². The summed E-state index contributed by atoms with van der Waals surface area (Å²) >= 11 is 0. The molecule has 0 atom stereocenters. The molecule has 0 heterocycles. The summed E-state index contributed by atoms with van der Waals surface area (Å²) in [6.45, 7) is 6.44. The maximum atomic E-state index is 3.16. The Bertz CT molecular complexity index is 234. The molecule has 0 N–H and O–H groups in total. The molecule has 0 radical (unpaired) electrons. The fourth-order valence-corrected chi connectivity index (χ4v) is 1.03. The van der Waals surface area contributed by atoms with E-state index in [9.17, 15) is 0 Å². The average molecular weight is 698 g/mol. The predicted octanol–water partition coefficient (Wildman–Crippen LogP) is 3.17. The Hall–Kier alpha value is 1.15. The fraction of sp³-hybridized carbons (Fsp3) is 0.364. The van der Waals surface area contributed by atoms with Crippen LogP contribution < -0.4 is 0 Å². The van der Waals surface area contributed by atoms with Gasteiger partial charge < -0.3 is 18.1 Å². The summed E-state index contributed by atoms with van der Waals surface area (Å²) in [6, 6.07) is 9.46. The molecule has 0 spiro atoms. The van der Waals surface area contributed by atoms with Gasteiger partial charge in [0.25, 0.3) is 0 Å². The van der Waals surface area contributed by atoms with Crippen molar-refractivity contribution in [1.82, 2.24) is 0 Å². The first-order valence-corrected chi connectivity index (χ1v) is 4.05. The first-order chi connectivity index (χ1) is 5.24. The van der Waals surface area contributed by atoms with Crippen LogP contribution in [-0.4, -0.2) is 0 Å². The van der Waals surface area contributed by atoms with Crippen LogP contribution in [0.4, 0.5) is 0 Å². The monoisotopic (exact) mass is 698 g/mol. The summed E-state index contributed by atoms with van der Waals surface area (Å²) in [7, 11) is 0. The Morgan fingerprint density at radius 3 is 2.21 bits per heavy atom. The van der Waals surface area contributed by atoms with Crippen molar-refractivity contribution in [3.63, 3.8) is 0 Å². The second-order valence-electron chi connectivity index (χ2n) is 3.02. The van der Waals surface area contributed by atoms with Crippen LogP contribution in [0.5, 0.6) is 0 Å². The van der Waals surface area contributed by atoms with Gasteiger partial charge in [0, 0.05) is 63.2 Å². The van der Waals surface area contributed by atoms with Gasteiger partial charge in [-0.15, -0.1) is 13.0 Å². The molecule has 3 heteroatoms. The van der Waals surface area contributed by atoms with Crippen molar-refractivity contribution in [3.8, 4) is 0 Å². The van der Waals surface area contributed by atoms with Crippen LogP contribution >= 0.6 is 0 Å². The molecule has 0 saturated carbocycles. The minimum Gasteiger partial charge on any atom is -0.371 e. The molecule has 0 nitrogen and oxygen atoms in total. The Morgan fingerprint density at radius 1 is 1.21 bits per heavy atom. The summed E-state index contributed by atoms with van der Waals surface area (Å²) in [6.07, 6.45) is 2.08. The van der Waals surface area contributed by atoms with E-state index in [1.54, 1.807) is 0 Å². The van der Waals surface area contributed by atoms with Crippen molar-refractivity contribution in [1.29, 1.82) is 0 Å². The molecule has 0 saturated heterocycles. The van der Waals surface area contributed by atoms with E-state index in [1.807, 2.05) is 13.0 Å². The normalized spacial score (nSPS) is 8.00. The number of hydrogen-bond acceptors (Lipinski definition) is 0. The number of hydrogen-bond donors (Lipinski definition) is 0. The Kier molecular flexibility index (Phi) is 15.7. The van der Waals surface area contributed by atoms with Gasteiger partial charge in [-0.05, 0) is 5.92 Å². The van der Waals surface area contributed by atoms with E-state index in [-0.39, 0.29) is 63.2 Å². The van der Waals surface area contributed by atoms with Crippen molar-refractivity contribution >= 4 is 0 Å². The van der Waals surface area contributed by atoms with Gasteiger partial charge in [-0.1, -0.05) is 13.8 Å². The SMILES string of the molecule is C[CH-]c1[c-]ccc(C(C)C)c1.[W].[W].[W]. The van der Waals surface area contributed by atoms with Crippen molar-refractivity contribution < 1.29 is 63.2 Å². The summed E-state index contributed by atoms with van der Waals surface area (Å²) in [5.41, 5.74) is 2.58. The van der Waals surface area contributed by atoms with Crippen LogP contribution in [0.15, 0.2) is 18.2 Å². The van der Waals surface area contributed by atoms with Crippen LogP contribution in [0.2, 0.25) is 0 Å². The molecular formula is C11H14W3-2. The second-order valence-corrected chi connectivity index (χ2v) is 3.02. The van der Waals surface area contributed by atoms with Crippen molar-refractivity contribution in [3.05, 3.63) is 41.8 Å². The molecule has 14 heavy (non-hydrogen) atoms. The first kappa shape index (κ1) is 20.6. The van der Waals surface area contributed by atoms with Crippen LogP contribution in [-0.2, 0) is 63.2 Å². The molecule has 0 aliphatic heterocycles. The third-order valence-corrected chi connectivity index (χ3v) is 1.83. The second kappa shape index (κ2) is 10.7. The molecule has 0 amide bonds. The van der Waals surface area contributed by atoms with Crippen molar-refractivity contribution in [2.24, 2.45) is 0 Å². The first-order valence-electron chi connectivity index (χ1n) is 4.05. The minimum atomic E-state index is 0. The van der Waals surface area contributed by atoms with E-state index in [0.29, 0.717) is 5.92 Å².